The summed E-state index contributed by atoms with van der Waals surface area (Å²) in [5.41, 5.74) is 0. The maximum atomic E-state index is 8.62. The van der Waals surface area contributed by atoms with Crippen molar-refractivity contribution in [1.29, 1.82) is 5.26 Å². The normalized spacial score (nSPS) is 11.9. The molecule has 4 heteroatoms. The molecule has 1 atom stereocenters. The van der Waals surface area contributed by atoms with Crippen molar-refractivity contribution < 1.29 is 9.47 Å². The predicted octanol–water partition coefficient (Wildman–Crippen LogP) is 2.31. The third kappa shape index (κ3) is 4.64. The van der Waals surface area contributed by atoms with Gasteiger partial charge in [0.15, 0.2) is 0 Å². The van der Waals surface area contributed by atoms with Crippen molar-refractivity contribution in [3.8, 4) is 17.6 Å². The number of hydrogen-bond acceptors (Lipinski definition) is 4. The molecular formula is C14H20N2O2. The molecule has 98 valence electrons. The molecule has 4 nitrogen and oxygen atoms in total. The first-order valence-electron chi connectivity index (χ1n) is 6.01. The molecule has 1 aromatic carbocycles. The Morgan fingerprint density at radius 3 is 2.44 bits per heavy atom. The Balaban J connectivity index is 2.30. The first-order chi connectivity index (χ1) is 8.67. The molecule has 0 bridgehead atoms. The zero-order valence-electron chi connectivity index (χ0n) is 11.2. The van der Waals surface area contributed by atoms with Crippen molar-refractivity contribution in [1.82, 2.24) is 4.90 Å². The minimum absolute atomic E-state index is 0.259. The molecule has 0 saturated heterocycles. The molecule has 0 saturated carbocycles. The Kier molecular flexibility index (Phi) is 6.03. The van der Waals surface area contributed by atoms with E-state index in [1.807, 2.05) is 38.2 Å². The van der Waals surface area contributed by atoms with Crippen LogP contribution in [0.25, 0.3) is 0 Å². The van der Waals surface area contributed by atoms with E-state index in [2.05, 4.69) is 11.0 Å². The summed E-state index contributed by atoms with van der Waals surface area (Å²) in [5, 5.41) is 8.62. The number of rotatable bonds is 7. The molecule has 0 amide bonds. The van der Waals surface area contributed by atoms with Crippen LogP contribution in [0.4, 0.5) is 0 Å². The molecule has 0 unspecified atom stereocenters. The van der Waals surface area contributed by atoms with E-state index >= 15 is 0 Å². The summed E-state index contributed by atoms with van der Waals surface area (Å²) in [6.45, 7) is 3.45. The van der Waals surface area contributed by atoms with Gasteiger partial charge >= 0.3 is 0 Å². The predicted molar refractivity (Wildman–Crippen MR) is 70.8 cm³/mol. The smallest absolute Gasteiger partial charge is 0.119 e. The summed E-state index contributed by atoms with van der Waals surface area (Å²) in [5.74, 6) is 1.65. The molecule has 1 aromatic rings. The molecule has 0 fully saturated rings. The average molecular weight is 248 g/mol. The number of ether oxygens (including phenoxy) is 2. The van der Waals surface area contributed by atoms with Crippen molar-refractivity contribution in [3.63, 3.8) is 0 Å². The zero-order chi connectivity index (χ0) is 13.4. The van der Waals surface area contributed by atoms with Crippen LogP contribution in [0, 0.1) is 11.3 Å². The lowest BCUT2D eigenvalue weighted by Gasteiger charge is -2.22. The van der Waals surface area contributed by atoms with Crippen molar-refractivity contribution in [2.45, 2.75) is 19.4 Å². The molecule has 0 heterocycles. The van der Waals surface area contributed by atoms with E-state index in [4.69, 9.17) is 14.7 Å². The number of methoxy groups -OCH3 is 1. The highest BCUT2D eigenvalue weighted by molar-refractivity contribution is 5.31. The summed E-state index contributed by atoms with van der Waals surface area (Å²) >= 11 is 0. The van der Waals surface area contributed by atoms with Gasteiger partial charge in [-0.3, -0.25) is 4.90 Å². The van der Waals surface area contributed by atoms with Crippen molar-refractivity contribution >= 4 is 0 Å². The highest BCUT2D eigenvalue weighted by Crippen LogP contribution is 2.16. The van der Waals surface area contributed by atoms with Crippen LogP contribution in [0.1, 0.15) is 13.3 Å². The minimum Gasteiger partial charge on any atom is -0.497 e. The van der Waals surface area contributed by atoms with Gasteiger partial charge in [-0.05, 0) is 38.2 Å². The van der Waals surface area contributed by atoms with Gasteiger partial charge in [-0.1, -0.05) is 0 Å². The van der Waals surface area contributed by atoms with Gasteiger partial charge in [0.25, 0.3) is 0 Å². The summed E-state index contributed by atoms with van der Waals surface area (Å²) in [4.78, 5) is 2.12. The second kappa shape index (κ2) is 7.57. The van der Waals surface area contributed by atoms with Crippen molar-refractivity contribution in [2.75, 3.05) is 27.3 Å². The molecule has 1 rings (SSSR count). The van der Waals surface area contributed by atoms with Crippen LogP contribution in [0.3, 0.4) is 0 Å². The molecule has 0 aliphatic heterocycles. The Labute approximate surface area is 109 Å². The Bertz CT molecular complexity index is 384. The standard InChI is InChI=1S/C14H20N2O2/c1-12(8-9-15)16(2)10-11-18-14-6-4-13(17-3)5-7-14/h4-7,12H,8,10-11H2,1-3H3/t12-/m0/s1. The third-order valence-electron chi connectivity index (χ3n) is 2.91. The van der Waals surface area contributed by atoms with Gasteiger partial charge in [0.1, 0.15) is 18.1 Å². The second-order valence-electron chi connectivity index (χ2n) is 4.22. The quantitative estimate of drug-likeness (QED) is 0.743. The first kappa shape index (κ1) is 14.3. The van der Waals surface area contributed by atoms with E-state index in [0.29, 0.717) is 13.0 Å². The number of nitrogens with zero attached hydrogens (tertiary/aromatic N) is 2. The molecule has 0 aliphatic rings. The fourth-order valence-corrected chi connectivity index (χ4v) is 1.49. The van der Waals surface area contributed by atoms with Gasteiger partial charge in [0.2, 0.25) is 0 Å². The Morgan fingerprint density at radius 2 is 1.89 bits per heavy atom. The average Bonchev–Trinajstić information content (AvgIpc) is 2.39. The summed E-state index contributed by atoms with van der Waals surface area (Å²) in [6, 6.07) is 9.95. The van der Waals surface area contributed by atoms with Crippen molar-refractivity contribution in [3.05, 3.63) is 24.3 Å². The number of benzene rings is 1. The molecular weight excluding hydrogens is 228 g/mol. The summed E-state index contributed by atoms with van der Waals surface area (Å²) in [6.07, 6.45) is 0.541. The topological polar surface area (TPSA) is 45.5 Å². The maximum Gasteiger partial charge on any atom is 0.119 e. The largest absolute Gasteiger partial charge is 0.497 e. The fraction of sp³-hybridized carbons (Fsp3) is 0.500. The monoisotopic (exact) mass is 248 g/mol. The van der Waals surface area contributed by atoms with E-state index in [0.717, 1.165) is 18.0 Å². The van der Waals surface area contributed by atoms with Gasteiger partial charge in [-0.2, -0.15) is 5.26 Å². The minimum atomic E-state index is 0.259. The highest BCUT2D eigenvalue weighted by atomic mass is 16.5. The lowest BCUT2D eigenvalue weighted by atomic mass is 10.2. The van der Waals surface area contributed by atoms with E-state index in [9.17, 15) is 0 Å². The zero-order valence-corrected chi connectivity index (χ0v) is 11.2. The van der Waals surface area contributed by atoms with E-state index in [1.165, 1.54) is 0 Å². The van der Waals surface area contributed by atoms with Crippen LogP contribution >= 0.6 is 0 Å². The lowest BCUT2D eigenvalue weighted by molar-refractivity contribution is 0.201. The highest BCUT2D eigenvalue weighted by Gasteiger charge is 2.08. The summed E-state index contributed by atoms with van der Waals surface area (Å²) < 4.78 is 10.7. The first-order valence-corrected chi connectivity index (χ1v) is 6.01. The number of hydrogen-bond donors (Lipinski definition) is 0. The van der Waals surface area contributed by atoms with Gasteiger partial charge < -0.3 is 9.47 Å². The molecule has 0 radical (unpaired) electrons. The van der Waals surface area contributed by atoms with Crippen LogP contribution in [0.2, 0.25) is 0 Å². The van der Waals surface area contributed by atoms with Crippen LogP contribution in [0.15, 0.2) is 24.3 Å². The van der Waals surface area contributed by atoms with Crippen LogP contribution in [-0.4, -0.2) is 38.3 Å². The summed E-state index contributed by atoms with van der Waals surface area (Å²) in [7, 11) is 3.64. The molecule has 0 aromatic heterocycles. The Morgan fingerprint density at radius 1 is 1.28 bits per heavy atom. The van der Waals surface area contributed by atoms with Gasteiger partial charge in [0, 0.05) is 12.6 Å². The second-order valence-corrected chi connectivity index (χ2v) is 4.22. The lowest BCUT2D eigenvalue weighted by Crippen LogP contribution is -2.32. The van der Waals surface area contributed by atoms with Crippen LogP contribution < -0.4 is 9.47 Å². The molecule has 0 N–H and O–H groups in total. The Hall–Kier alpha value is -1.73. The van der Waals surface area contributed by atoms with Crippen LogP contribution in [0.5, 0.6) is 11.5 Å². The molecule has 0 aliphatic carbocycles. The number of likely N-dealkylation sites (N-methyl/N-ethyl adjacent to an activating group) is 1. The van der Waals surface area contributed by atoms with Gasteiger partial charge in [-0.15, -0.1) is 0 Å². The molecule has 18 heavy (non-hydrogen) atoms. The van der Waals surface area contributed by atoms with Crippen LogP contribution in [-0.2, 0) is 0 Å². The van der Waals surface area contributed by atoms with Gasteiger partial charge in [-0.25, -0.2) is 0 Å². The van der Waals surface area contributed by atoms with E-state index in [-0.39, 0.29) is 6.04 Å². The number of nitriles is 1. The SMILES string of the molecule is COc1ccc(OCCN(C)[C@@H](C)CC#N)cc1. The third-order valence-corrected chi connectivity index (χ3v) is 2.91. The fourth-order valence-electron chi connectivity index (χ4n) is 1.49. The van der Waals surface area contributed by atoms with Crippen molar-refractivity contribution in [2.24, 2.45) is 0 Å². The van der Waals surface area contributed by atoms with E-state index in [1.54, 1.807) is 7.11 Å². The molecule has 0 spiro atoms. The van der Waals surface area contributed by atoms with E-state index < -0.39 is 0 Å². The maximum absolute atomic E-state index is 8.62. The van der Waals surface area contributed by atoms with Gasteiger partial charge in [0.05, 0.1) is 19.6 Å².